The van der Waals surface area contributed by atoms with Gasteiger partial charge in [0.15, 0.2) is 0 Å². The van der Waals surface area contributed by atoms with E-state index < -0.39 is 0 Å². The van der Waals surface area contributed by atoms with Gasteiger partial charge in [-0.2, -0.15) is 0 Å². The standard InChI is InChI=1S/C12H12ClN3/c13-11-3-4-12(16-8-11)9-15-7-10-2-1-5-14-6-10/h1-6,8,15H,7,9H2. The fourth-order valence-corrected chi connectivity index (χ4v) is 1.46. The van der Waals surface area contributed by atoms with Crippen LogP contribution in [0.25, 0.3) is 0 Å². The summed E-state index contributed by atoms with van der Waals surface area (Å²) in [5.74, 6) is 0. The summed E-state index contributed by atoms with van der Waals surface area (Å²) in [4.78, 5) is 8.25. The van der Waals surface area contributed by atoms with E-state index in [1.807, 2.05) is 30.5 Å². The van der Waals surface area contributed by atoms with Crippen LogP contribution in [-0.4, -0.2) is 9.97 Å². The zero-order valence-corrected chi connectivity index (χ0v) is 9.48. The normalized spacial score (nSPS) is 10.3. The van der Waals surface area contributed by atoms with Crippen molar-refractivity contribution in [1.82, 2.24) is 15.3 Å². The summed E-state index contributed by atoms with van der Waals surface area (Å²) < 4.78 is 0. The summed E-state index contributed by atoms with van der Waals surface area (Å²) >= 11 is 5.75. The Kier molecular flexibility index (Phi) is 3.86. The molecule has 3 nitrogen and oxygen atoms in total. The Bertz CT molecular complexity index is 428. The Morgan fingerprint density at radius 2 is 2.06 bits per heavy atom. The predicted molar refractivity (Wildman–Crippen MR) is 64.0 cm³/mol. The molecule has 4 heteroatoms. The number of nitrogens with zero attached hydrogens (tertiary/aromatic N) is 2. The van der Waals surface area contributed by atoms with E-state index in [2.05, 4.69) is 15.3 Å². The molecule has 0 saturated carbocycles. The van der Waals surface area contributed by atoms with Crippen molar-refractivity contribution in [3.63, 3.8) is 0 Å². The van der Waals surface area contributed by atoms with Crippen molar-refractivity contribution in [2.75, 3.05) is 0 Å². The maximum atomic E-state index is 5.75. The lowest BCUT2D eigenvalue weighted by molar-refractivity contribution is 0.678. The van der Waals surface area contributed by atoms with Crippen LogP contribution in [0, 0.1) is 0 Å². The van der Waals surface area contributed by atoms with E-state index in [-0.39, 0.29) is 0 Å². The highest BCUT2D eigenvalue weighted by Gasteiger charge is 1.95. The third-order valence-electron chi connectivity index (χ3n) is 2.15. The van der Waals surface area contributed by atoms with Crippen molar-refractivity contribution in [3.8, 4) is 0 Å². The summed E-state index contributed by atoms with van der Waals surface area (Å²) in [6.07, 6.45) is 5.27. The number of halogens is 1. The van der Waals surface area contributed by atoms with Crippen LogP contribution in [0.15, 0.2) is 42.9 Å². The molecule has 0 amide bonds. The van der Waals surface area contributed by atoms with Gasteiger partial charge in [0, 0.05) is 31.7 Å². The van der Waals surface area contributed by atoms with Gasteiger partial charge in [0.25, 0.3) is 0 Å². The average molecular weight is 234 g/mol. The lowest BCUT2D eigenvalue weighted by Gasteiger charge is -2.03. The van der Waals surface area contributed by atoms with E-state index in [1.54, 1.807) is 12.4 Å². The van der Waals surface area contributed by atoms with Crippen LogP contribution in [0.4, 0.5) is 0 Å². The Morgan fingerprint density at radius 1 is 1.12 bits per heavy atom. The number of rotatable bonds is 4. The molecule has 0 aliphatic carbocycles. The van der Waals surface area contributed by atoms with E-state index in [0.717, 1.165) is 24.3 Å². The smallest absolute Gasteiger partial charge is 0.0589 e. The molecule has 0 bridgehead atoms. The molecule has 0 fully saturated rings. The SMILES string of the molecule is Clc1ccc(CNCc2cccnc2)nc1. The van der Waals surface area contributed by atoms with Crippen LogP contribution in [0.2, 0.25) is 5.02 Å². The van der Waals surface area contributed by atoms with E-state index in [9.17, 15) is 0 Å². The third kappa shape index (κ3) is 3.29. The van der Waals surface area contributed by atoms with Gasteiger partial charge < -0.3 is 5.32 Å². The van der Waals surface area contributed by atoms with Crippen molar-refractivity contribution < 1.29 is 0 Å². The van der Waals surface area contributed by atoms with Crippen molar-refractivity contribution >= 4 is 11.6 Å². The first-order valence-electron chi connectivity index (χ1n) is 5.04. The zero-order valence-electron chi connectivity index (χ0n) is 8.73. The van der Waals surface area contributed by atoms with Gasteiger partial charge in [-0.15, -0.1) is 0 Å². The van der Waals surface area contributed by atoms with E-state index in [0.29, 0.717) is 5.02 Å². The first kappa shape index (κ1) is 11.0. The Hall–Kier alpha value is -1.45. The van der Waals surface area contributed by atoms with Crippen LogP contribution in [-0.2, 0) is 13.1 Å². The molecule has 1 N–H and O–H groups in total. The fraction of sp³-hybridized carbons (Fsp3) is 0.167. The quantitative estimate of drug-likeness (QED) is 0.882. The van der Waals surface area contributed by atoms with Gasteiger partial charge in [0.05, 0.1) is 10.7 Å². The maximum Gasteiger partial charge on any atom is 0.0589 e. The summed E-state index contributed by atoms with van der Waals surface area (Å²) in [6, 6.07) is 7.72. The van der Waals surface area contributed by atoms with Crippen molar-refractivity contribution in [3.05, 3.63) is 59.1 Å². The van der Waals surface area contributed by atoms with Gasteiger partial charge in [-0.1, -0.05) is 17.7 Å². The molecule has 0 atom stereocenters. The second-order valence-electron chi connectivity index (χ2n) is 3.43. The Morgan fingerprint density at radius 3 is 2.75 bits per heavy atom. The highest BCUT2D eigenvalue weighted by atomic mass is 35.5. The van der Waals surface area contributed by atoms with Crippen LogP contribution in [0.5, 0.6) is 0 Å². The highest BCUT2D eigenvalue weighted by Crippen LogP contribution is 2.06. The Balaban J connectivity index is 1.82. The molecule has 0 unspecified atom stereocenters. The first-order chi connectivity index (χ1) is 7.84. The predicted octanol–water partition coefficient (Wildman–Crippen LogP) is 2.42. The molecule has 0 saturated heterocycles. The molecule has 2 aromatic rings. The van der Waals surface area contributed by atoms with Gasteiger partial charge in [0.1, 0.15) is 0 Å². The first-order valence-corrected chi connectivity index (χ1v) is 5.42. The van der Waals surface area contributed by atoms with Crippen LogP contribution >= 0.6 is 11.6 Å². The van der Waals surface area contributed by atoms with E-state index >= 15 is 0 Å². The minimum Gasteiger partial charge on any atom is -0.307 e. The number of pyridine rings is 2. The van der Waals surface area contributed by atoms with Crippen LogP contribution in [0.1, 0.15) is 11.3 Å². The molecular formula is C12H12ClN3. The minimum atomic E-state index is 0.663. The second kappa shape index (κ2) is 5.58. The van der Waals surface area contributed by atoms with Gasteiger partial charge in [-0.05, 0) is 23.8 Å². The molecular weight excluding hydrogens is 222 g/mol. The number of aromatic nitrogens is 2. The molecule has 0 aliphatic heterocycles. The lowest BCUT2D eigenvalue weighted by atomic mass is 10.3. The number of hydrogen-bond donors (Lipinski definition) is 1. The molecule has 16 heavy (non-hydrogen) atoms. The monoisotopic (exact) mass is 233 g/mol. The maximum absolute atomic E-state index is 5.75. The topological polar surface area (TPSA) is 37.8 Å². The molecule has 2 heterocycles. The van der Waals surface area contributed by atoms with Gasteiger partial charge in [-0.25, -0.2) is 0 Å². The van der Waals surface area contributed by atoms with E-state index in [4.69, 9.17) is 11.6 Å². The molecule has 0 radical (unpaired) electrons. The minimum absolute atomic E-state index is 0.663. The van der Waals surface area contributed by atoms with Gasteiger partial charge in [-0.3, -0.25) is 9.97 Å². The molecule has 2 rings (SSSR count). The van der Waals surface area contributed by atoms with Crippen molar-refractivity contribution in [2.24, 2.45) is 0 Å². The molecule has 2 aromatic heterocycles. The van der Waals surface area contributed by atoms with Gasteiger partial charge in [0.2, 0.25) is 0 Å². The van der Waals surface area contributed by atoms with Crippen LogP contribution in [0.3, 0.4) is 0 Å². The van der Waals surface area contributed by atoms with E-state index in [1.165, 1.54) is 0 Å². The molecule has 0 aliphatic rings. The molecule has 0 spiro atoms. The average Bonchev–Trinajstić information content (AvgIpc) is 2.33. The van der Waals surface area contributed by atoms with Crippen LogP contribution < -0.4 is 5.32 Å². The second-order valence-corrected chi connectivity index (χ2v) is 3.87. The number of hydrogen-bond acceptors (Lipinski definition) is 3. The summed E-state index contributed by atoms with van der Waals surface area (Å²) in [5.41, 5.74) is 2.14. The van der Waals surface area contributed by atoms with Gasteiger partial charge >= 0.3 is 0 Å². The largest absolute Gasteiger partial charge is 0.307 e. The number of nitrogens with one attached hydrogen (secondary N) is 1. The fourth-order valence-electron chi connectivity index (χ4n) is 1.35. The highest BCUT2D eigenvalue weighted by molar-refractivity contribution is 6.30. The third-order valence-corrected chi connectivity index (χ3v) is 2.37. The summed E-state index contributed by atoms with van der Waals surface area (Å²) in [6.45, 7) is 1.52. The zero-order chi connectivity index (χ0) is 11.2. The summed E-state index contributed by atoms with van der Waals surface area (Å²) in [5, 5.41) is 3.95. The van der Waals surface area contributed by atoms with Crippen molar-refractivity contribution in [2.45, 2.75) is 13.1 Å². The molecule has 82 valence electrons. The molecule has 0 aromatic carbocycles. The summed E-state index contributed by atoms with van der Waals surface area (Å²) in [7, 11) is 0. The van der Waals surface area contributed by atoms with Crippen molar-refractivity contribution in [1.29, 1.82) is 0 Å². The lowest BCUT2D eigenvalue weighted by Crippen LogP contribution is -2.13. The Labute approximate surface area is 99.5 Å².